The van der Waals surface area contributed by atoms with Crippen molar-refractivity contribution in [2.24, 2.45) is 5.73 Å². The van der Waals surface area contributed by atoms with Crippen LogP contribution in [0.3, 0.4) is 0 Å². The summed E-state index contributed by atoms with van der Waals surface area (Å²) in [6, 6.07) is 8.25. The summed E-state index contributed by atoms with van der Waals surface area (Å²) in [5.41, 5.74) is 8.29. The Hall–Kier alpha value is -1.72. The van der Waals surface area contributed by atoms with Crippen LogP contribution in [0.2, 0.25) is 0 Å². The number of nitrogens with two attached hydrogens (primary N) is 1. The predicted octanol–water partition coefficient (Wildman–Crippen LogP) is 2.24. The van der Waals surface area contributed by atoms with E-state index in [1.54, 1.807) is 0 Å². The highest BCUT2D eigenvalue weighted by Gasteiger charge is 2.32. The first-order valence-corrected chi connectivity index (χ1v) is 7.64. The summed E-state index contributed by atoms with van der Waals surface area (Å²) in [5.74, 6) is -0.0121. The molecule has 1 aromatic heterocycles. The number of anilines is 1. The molecule has 2 heterocycles. The highest BCUT2D eigenvalue weighted by molar-refractivity contribution is 7.09. The van der Waals surface area contributed by atoms with E-state index in [0.29, 0.717) is 12.2 Å². The monoisotopic (exact) mass is 287 g/mol. The molecular formula is C15H17N3OS. The zero-order valence-corrected chi connectivity index (χ0v) is 12.2. The maximum atomic E-state index is 12.7. The van der Waals surface area contributed by atoms with Crippen LogP contribution in [0.15, 0.2) is 29.6 Å². The molecule has 5 heteroatoms. The van der Waals surface area contributed by atoms with Crippen molar-refractivity contribution in [3.05, 3.63) is 45.9 Å². The van der Waals surface area contributed by atoms with Crippen molar-refractivity contribution in [3.63, 3.8) is 0 Å². The minimum atomic E-state index is -0.0121. The van der Waals surface area contributed by atoms with E-state index in [2.05, 4.69) is 18.0 Å². The van der Waals surface area contributed by atoms with Gasteiger partial charge in [-0.25, -0.2) is 4.98 Å². The fourth-order valence-electron chi connectivity index (χ4n) is 2.65. The molecule has 1 atom stereocenters. The van der Waals surface area contributed by atoms with Crippen LogP contribution in [-0.4, -0.2) is 23.5 Å². The maximum Gasteiger partial charge on any atom is 0.278 e. The molecule has 1 aromatic carbocycles. The molecule has 3 rings (SSSR count). The number of thiazole rings is 1. The highest BCUT2D eigenvalue weighted by Crippen LogP contribution is 2.33. The van der Waals surface area contributed by atoms with Gasteiger partial charge in [0.05, 0.1) is 5.01 Å². The Morgan fingerprint density at radius 3 is 3.10 bits per heavy atom. The van der Waals surface area contributed by atoms with Gasteiger partial charge in [-0.1, -0.05) is 18.2 Å². The Bertz CT molecular complexity index is 638. The Morgan fingerprint density at radius 2 is 2.30 bits per heavy atom. The van der Waals surface area contributed by atoms with Gasteiger partial charge in [0.15, 0.2) is 0 Å². The van der Waals surface area contributed by atoms with Crippen LogP contribution in [0.1, 0.15) is 28.0 Å². The van der Waals surface area contributed by atoms with Gasteiger partial charge >= 0.3 is 0 Å². The number of rotatable bonds is 3. The number of carbonyl (C=O) groups excluding carboxylic acids is 1. The van der Waals surface area contributed by atoms with E-state index >= 15 is 0 Å². The van der Waals surface area contributed by atoms with Gasteiger partial charge in [-0.2, -0.15) is 0 Å². The van der Waals surface area contributed by atoms with E-state index in [4.69, 9.17) is 5.73 Å². The quantitative estimate of drug-likeness (QED) is 0.942. The van der Waals surface area contributed by atoms with Crippen molar-refractivity contribution >= 4 is 22.9 Å². The summed E-state index contributed by atoms with van der Waals surface area (Å²) >= 11 is 1.51. The van der Waals surface area contributed by atoms with Gasteiger partial charge in [0.1, 0.15) is 5.69 Å². The number of hydrogen-bond acceptors (Lipinski definition) is 4. The number of nitrogens with zero attached hydrogens (tertiary/aromatic N) is 2. The largest absolute Gasteiger partial charge is 0.330 e. The van der Waals surface area contributed by atoms with Gasteiger partial charge in [0.25, 0.3) is 5.91 Å². The molecule has 0 saturated heterocycles. The third-order valence-electron chi connectivity index (χ3n) is 3.56. The lowest BCUT2D eigenvalue weighted by atomic mass is 10.1. The second-order valence-electron chi connectivity index (χ2n) is 5.02. The Morgan fingerprint density at radius 1 is 1.50 bits per heavy atom. The molecule has 2 aromatic rings. The lowest BCUT2D eigenvalue weighted by molar-refractivity contribution is 0.0977. The minimum Gasteiger partial charge on any atom is -0.330 e. The average molecular weight is 287 g/mol. The van der Waals surface area contributed by atoms with Crippen LogP contribution in [0.25, 0.3) is 0 Å². The van der Waals surface area contributed by atoms with E-state index in [-0.39, 0.29) is 11.9 Å². The number of amides is 1. The third-order valence-corrected chi connectivity index (χ3v) is 4.46. The van der Waals surface area contributed by atoms with Gasteiger partial charge in [-0.05, 0) is 31.5 Å². The Labute approximate surface area is 122 Å². The van der Waals surface area contributed by atoms with Crippen molar-refractivity contribution in [1.29, 1.82) is 0 Å². The lowest BCUT2D eigenvalue weighted by Crippen LogP contribution is -2.35. The number of benzene rings is 1. The van der Waals surface area contributed by atoms with Crippen LogP contribution in [0.4, 0.5) is 5.69 Å². The number of hydrogen-bond donors (Lipinski definition) is 1. The first-order chi connectivity index (χ1) is 9.70. The summed E-state index contributed by atoms with van der Waals surface area (Å²) < 4.78 is 0. The third kappa shape index (κ3) is 2.23. The number of carbonyl (C=O) groups is 1. The molecule has 1 amide bonds. The van der Waals surface area contributed by atoms with Crippen LogP contribution < -0.4 is 10.6 Å². The second kappa shape index (κ2) is 5.34. The van der Waals surface area contributed by atoms with Crippen LogP contribution >= 0.6 is 11.3 Å². The first kappa shape index (κ1) is 13.3. The van der Waals surface area contributed by atoms with Crippen LogP contribution in [-0.2, 0) is 12.8 Å². The Kier molecular flexibility index (Phi) is 3.54. The van der Waals surface area contributed by atoms with Gasteiger partial charge in [0, 0.05) is 23.5 Å². The molecule has 0 aliphatic carbocycles. The molecular weight excluding hydrogens is 270 g/mol. The topological polar surface area (TPSA) is 59.2 Å². The van der Waals surface area contributed by atoms with Gasteiger partial charge in [-0.3, -0.25) is 4.79 Å². The van der Waals surface area contributed by atoms with E-state index in [1.165, 1.54) is 16.9 Å². The average Bonchev–Trinajstić information content (AvgIpc) is 3.02. The minimum absolute atomic E-state index is 0.0121. The van der Waals surface area contributed by atoms with Crippen LogP contribution in [0, 0.1) is 0 Å². The summed E-state index contributed by atoms with van der Waals surface area (Å²) in [6.07, 6.45) is 1.63. The first-order valence-electron chi connectivity index (χ1n) is 6.76. The zero-order valence-electron chi connectivity index (χ0n) is 11.4. The van der Waals surface area contributed by atoms with E-state index in [1.807, 2.05) is 28.5 Å². The number of aromatic nitrogens is 1. The molecule has 1 aliphatic rings. The van der Waals surface area contributed by atoms with Crippen molar-refractivity contribution in [2.45, 2.75) is 25.8 Å². The van der Waals surface area contributed by atoms with E-state index in [9.17, 15) is 4.79 Å². The van der Waals surface area contributed by atoms with Gasteiger partial charge in [0.2, 0.25) is 0 Å². The lowest BCUT2D eigenvalue weighted by Gasteiger charge is -2.21. The van der Waals surface area contributed by atoms with E-state index < -0.39 is 0 Å². The summed E-state index contributed by atoms with van der Waals surface area (Å²) in [4.78, 5) is 18.9. The molecule has 0 fully saturated rings. The molecule has 4 nitrogen and oxygen atoms in total. The molecule has 0 unspecified atom stereocenters. The summed E-state index contributed by atoms with van der Waals surface area (Å²) in [5, 5.41) is 2.76. The van der Waals surface area contributed by atoms with E-state index in [0.717, 1.165) is 23.5 Å². The normalized spacial score (nSPS) is 17.3. The molecule has 0 bridgehead atoms. The molecule has 0 spiro atoms. The van der Waals surface area contributed by atoms with Crippen molar-refractivity contribution in [3.8, 4) is 0 Å². The molecule has 0 saturated carbocycles. The van der Waals surface area contributed by atoms with Crippen molar-refractivity contribution in [1.82, 2.24) is 4.98 Å². The van der Waals surface area contributed by atoms with Gasteiger partial charge in [-0.15, -0.1) is 11.3 Å². The summed E-state index contributed by atoms with van der Waals surface area (Å²) in [7, 11) is 0. The number of fused-ring (bicyclic) bond motifs is 1. The second-order valence-corrected chi connectivity index (χ2v) is 5.96. The molecule has 0 radical (unpaired) electrons. The fourth-order valence-corrected chi connectivity index (χ4v) is 3.43. The highest BCUT2D eigenvalue weighted by atomic mass is 32.1. The van der Waals surface area contributed by atoms with Crippen molar-refractivity contribution < 1.29 is 4.79 Å². The SMILES string of the molecule is C[C@@H]1Cc2ccccc2N1C(=O)c1csc(CCN)n1. The summed E-state index contributed by atoms with van der Waals surface area (Å²) in [6.45, 7) is 2.63. The standard InChI is InChI=1S/C15H17N3OS/c1-10-8-11-4-2-3-5-13(11)18(10)15(19)12-9-20-14(17-12)6-7-16/h2-5,9-10H,6-8,16H2,1H3/t10-/m1/s1. The van der Waals surface area contributed by atoms with Crippen LogP contribution in [0.5, 0.6) is 0 Å². The smallest absolute Gasteiger partial charge is 0.278 e. The maximum absolute atomic E-state index is 12.7. The van der Waals surface area contributed by atoms with Crippen molar-refractivity contribution in [2.75, 3.05) is 11.4 Å². The Balaban J connectivity index is 1.90. The van der Waals surface area contributed by atoms with Gasteiger partial charge < -0.3 is 10.6 Å². The number of para-hydroxylation sites is 1. The predicted molar refractivity (Wildman–Crippen MR) is 81.3 cm³/mol. The molecule has 20 heavy (non-hydrogen) atoms. The molecule has 104 valence electrons. The molecule has 2 N–H and O–H groups in total. The molecule has 1 aliphatic heterocycles. The zero-order chi connectivity index (χ0) is 14.1. The fraction of sp³-hybridized carbons (Fsp3) is 0.333.